The normalized spacial score (nSPS) is 11.1. The molecule has 0 spiro atoms. The summed E-state index contributed by atoms with van der Waals surface area (Å²) in [6, 6.07) is 7.38. The molecule has 0 radical (unpaired) electrons. The van der Waals surface area contributed by atoms with Crippen LogP contribution in [0.1, 0.15) is 11.6 Å². The zero-order chi connectivity index (χ0) is 11.8. The van der Waals surface area contributed by atoms with E-state index >= 15 is 0 Å². The molecule has 0 saturated carbocycles. The van der Waals surface area contributed by atoms with E-state index in [0.29, 0.717) is 18.1 Å². The molecule has 0 aliphatic rings. The lowest BCUT2D eigenvalue weighted by molar-refractivity contribution is 0.487. The van der Waals surface area contributed by atoms with Gasteiger partial charge in [0, 0.05) is 17.6 Å². The molecule has 0 fully saturated rings. The molecule has 5 nitrogen and oxygen atoms in total. The lowest BCUT2D eigenvalue weighted by Crippen LogP contribution is -2.03. The van der Waals surface area contributed by atoms with Crippen LogP contribution in [0.4, 0.5) is 5.69 Å². The maximum absolute atomic E-state index is 5.69. The molecule has 2 heterocycles. The lowest BCUT2D eigenvalue weighted by Gasteiger charge is -1.98. The zero-order valence-electron chi connectivity index (χ0n) is 9.42. The summed E-state index contributed by atoms with van der Waals surface area (Å²) in [7, 11) is 0. The van der Waals surface area contributed by atoms with Crippen molar-refractivity contribution in [1.29, 1.82) is 0 Å². The maximum Gasteiger partial charge on any atom is 0.217 e. The molecular formula is C12H12N4O. The molecule has 5 heteroatoms. The fourth-order valence-corrected chi connectivity index (χ4v) is 1.75. The predicted octanol–water partition coefficient (Wildman–Crippen LogP) is 1.96. The number of nitrogen functional groups attached to an aromatic ring is 1. The van der Waals surface area contributed by atoms with Crippen LogP contribution in [-0.2, 0) is 6.54 Å². The van der Waals surface area contributed by atoms with E-state index in [4.69, 9.17) is 10.2 Å². The number of oxazole rings is 1. The molecule has 1 aromatic carbocycles. The van der Waals surface area contributed by atoms with Gasteiger partial charge in [-0.3, -0.25) is 4.68 Å². The SMILES string of the molecule is Cc1ccnn1Cc1nc2cc(N)ccc2o1. The molecule has 3 aromatic rings. The van der Waals surface area contributed by atoms with Crippen molar-refractivity contribution in [2.45, 2.75) is 13.5 Å². The van der Waals surface area contributed by atoms with Crippen molar-refractivity contribution >= 4 is 16.8 Å². The predicted molar refractivity (Wildman–Crippen MR) is 64.5 cm³/mol. The number of anilines is 1. The summed E-state index contributed by atoms with van der Waals surface area (Å²) in [5.41, 5.74) is 8.99. The van der Waals surface area contributed by atoms with Crippen LogP contribution in [0, 0.1) is 6.92 Å². The highest BCUT2D eigenvalue weighted by molar-refractivity contribution is 5.76. The summed E-state index contributed by atoms with van der Waals surface area (Å²) >= 11 is 0. The molecule has 0 bridgehead atoms. The third kappa shape index (κ3) is 1.75. The Kier molecular flexibility index (Phi) is 2.11. The molecule has 0 aliphatic carbocycles. The van der Waals surface area contributed by atoms with Gasteiger partial charge in [0.1, 0.15) is 12.1 Å². The van der Waals surface area contributed by atoms with Crippen molar-refractivity contribution in [2.75, 3.05) is 5.73 Å². The molecule has 0 atom stereocenters. The van der Waals surface area contributed by atoms with Gasteiger partial charge in [-0.15, -0.1) is 0 Å². The Morgan fingerprint density at radius 1 is 1.35 bits per heavy atom. The number of rotatable bonds is 2. The van der Waals surface area contributed by atoms with E-state index in [2.05, 4.69) is 10.1 Å². The van der Waals surface area contributed by atoms with Gasteiger partial charge >= 0.3 is 0 Å². The summed E-state index contributed by atoms with van der Waals surface area (Å²) < 4.78 is 7.47. The van der Waals surface area contributed by atoms with Gasteiger partial charge in [0.15, 0.2) is 5.58 Å². The number of fused-ring (bicyclic) bond motifs is 1. The molecule has 2 N–H and O–H groups in total. The number of aromatic nitrogens is 3. The van der Waals surface area contributed by atoms with E-state index in [1.54, 1.807) is 18.3 Å². The summed E-state index contributed by atoms with van der Waals surface area (Å²) in [5.74, 6) is 0.636. The molecule has 0 saturated heterocycles. The van der Waals surface area contributed by atoms with Crippen LogP contribution >= 0.6 is 0 Å². The quantitative estimate of drug-likeness (QED) is 0.681. The van der Waals surface area contributed by atoms with E-state index in [-0.39, 0.29) is 0 Å². The number of aryl methyl sites for hydroxylation is 1. The average molecular weight is 228 g/mol. The molecule has 86 valence electrons. The van der Waals surface area contributed by atoms with Crippen molar-refractivity contribution < 1.29 is 4.42 Å². The van der Waals surface area contributed by atoms with Crippen molar-refractivity contribution in [2.24, 2.45) is 0 Å². The van der Waals surface area contributed by atoms with Crippen molar-refractivity contribution in [3.63, 3.8) is 0 Å². The number of nitrogens with two attached hydrogens (primary N) is 1. The van der Waals surface area contributed by atoms with Crippen LogP contribution in [0.3, 0.4) is 0 Å². The average Bonchev–Trinajstić information content (AvgIpc) is 2.85. The first kappa shape index (κ1) is 9.89. The second-order valence-corrected chi connectivity index (χ2v) is 3.97. The standard InChI is InChI=1S/C12H12N4O/c1-8-4-5-14-16(8)7-12-15-10-6-9(13)2-3-11(10)17-12/h2-6H,7,13H2,1H3. The third-order valence-corrected chi connectivity index (χ3v) is 2.67. The van der Waals surface area contributed by atoms with Crippen molar-refractivity contribution in [3.05, 3.63) is 42.0 Å². The fourth-order valence-electron chi connectivity index (χ4n) is 1.75. The van der Waals surface area contributed by atoms with Crippen molar-refractivity contribution in [1.82, 2.24) is 14.8 Å². The monoisotopic (exact) mass is 228 g/mol. The second-order valence-electron chi connectivity index (χ2n) is 3.97. The van der Waals surface area contributed by atoms with Gasteiger partial charge in [0.25, 0.3) is 0 Å². The van der Waals surface area contributed by atoms with Crippen LogP contribution < -0.4 is 5.73 Å². The van der Waals surface area contributed by atoms with Crippen LogP contribution in [0.5, 0.6) is 0 Å². The first-order chi connectivity index (χ1) is 8.22. The topological polar surface area (TPSA) is 69.9 Å². The van der Waals surface area contributed by atoms with E-state index in [1.165, 1.54) is 0 Å². The second kappa shape index (κ2) is 3.62. The first-order valence-electron chi connectivity index (χ1n) is 5.36. The fraction of sp³-hybridized carbons (Fsp3) is 0.167. The van der Waals surface area contributed by atoms with Gasteiger partial charge in [-0.05, 0) is 31.2 Å². The maximum atomic E-state index is 5.69. The van der Waals surface area contributed by atoms with E-state index in [0.717, 1.165) is 16.8 Å². The lowest BCUT2D eigenvalue weighted by atomic mass is 10.3. The Labute approximate surface area is 97.9 Å². The largest absolute Gasteiger partial charge is 0.439 e. The Hall–Kier alpha value is -2.30. The van der Waals surface area contributed by atoms with E-state index in [1.807, 2.05) is 23.7 Å². The Bertz CT molecular complexity index is 668. The highest BCUT2D eigenvalue weighted by Gasteiger charge is 2.07. The molecular weight excluding hydrogens is 216 g/mol. The molecule has 0 amide bonds. The van der Waals surface area contributed by atoms with Crippen molar-refractivity contribution in [3.8, 4) is 0 Å². The van der Waals surface area contributed by atoms with Crippen LogP contribution in [-0.4, -0.2) is 14.8 Å². The molecule has 0 unspecified atom stereocenters. The first-order valence-corrected chi connectivity index (χ1v) is 5.36. The summed E-state index contributed by atoms with van der Waals surface area (Å²) in [6.45, 7) is 2.53. The highest BCUT2D eigenvalue weighted by atomic mass is 16.3. The van der Waals surface area contributed by atoms with Crippen LogP contribution in [0.25, 0.3) is 11.1 Å². The van der Waals surface area contributed by atoms with Gasteiger partial charge in [-0.25, -0.2) is 4.98 Å². The highest BCUT2D eigenvalue weighted by Crippen LogP contribution is 2.18. The molecule has 3 rings (SSSR count). The van der Waals surface area contributed by atoms with Gasteiger partial charge in [-0.2, -0.15) is 5.10 Å². The Morgan fingerprint density at radius 3 is 3.00 bits per heavy atom. The number of benzene rings is 1. The van der Waals surface area contributed by atoms with Gasteiger partial charge in [0.05, 0.1) is 0 Å². The summed E-state index contributed by atoms with van der Waals surface area (Å²) in [6.07, 6.45) is 1.76. The van der Waals surface area contributed by atoms with Crippen LogP contribution in [0.2, 0.25) is 0 Å². The number of hydrogen-bond acceptors (Lipinski definition) is 4. The Balaban J connectivity index is 1.99. The van der Waals surface area contributed by atoms with Gasteiger partial charge in [0.2, 0.25) is 5.89 Å². The summed E-state index contributed by atoms with van der Waals surface area (Å²) in [4.78, 5) is 4.38. The minimum Gasteiger partial charge on any atom is -0.439 e. The van der Waals surface area contributed by atoms with Gasteiger partial charge in [-0.1, -0.05) is 0 Å². The van der Waals surface area contributed by atoms with E-state index < -0.39 is 0 Å². The molecule has 0 aliphatic heterocycles. The Morgan fingerprint density at radius 2 is 2.24 bits per heavy atom. The van der Waals surface area contributed by atoms with Gasteiger partial charge < -0.3 is 10.2 Å². The zero-order valence-corrected chi connectivity index (χ0v) is 9.42. The minimum atomic E-state index is 0.535. The van der Waals surface area contributed by atoms with Crippen LogP contribution in [0.15, 0.2) is 34.9 Å². The number of nitrogens with zero attached hydrogens (tertiary/aromatic N) is 3. The summed E-state index contributed by atoms with van der Waals surface area (Å²) in [5, 5.41) is 4.19. The molecule has 2 aromatic heterocycles. The third-order valence-electron chi connectivity index (χ3n) is 2.67. The van der Waals surface area contributed by atoms with E-state index in [9.17, 15) is 0 Å². The smallest absolute Gasteiger partial charge is 0.217 e. The minimum absolute atomic E-state index is 0.535. The molecule has 17 heavy (non-hydrogen) atoms. The number of hydrogen-bond donors (Lipinski definition) is 1.